The number of nitrogens with zero attached hydrogens (tertiary/aromatic N) is 4. The standard InChI is InChI=1S/C20H19N5O/c1-26-17-9-7-15(8-10-17)13-14-21-18-11-12-19-22-23-20(25(19)24-18)16-5-3-2-4-6-16/h2-12H,13-14H2,1H3,(H,21,24). The lowest BCUT2D eigenvalue weighted by Gasteiger charge is -2.07. The monoisotopic (exact) mass is 345 g/mol. The Kier molecular flexibility index (Phi) is 4.47. The van der Waals surface area contributed by atoms with Crippen molar-refractivity contribution >= 4 is 11.5 Å². The number of fused-ring (bicyclic) bond motifs is 1. The summed E-state index contributed by atoms with van der Waals surface area (Å²) in [5.41, 5.74) is 2.96. The lowest BCUT2D eigenvalue weighted by Crippen LogP contribution is -2.08. The van der Waals surface area contributed by atoms with E-state index in [0.717, 1.165) is 41.6 Å². The average molecular weight is 345 g/mol. The van der Waals surface area contributed by atoms with Crippen LogP contribution in [0, 0.1) is 0 Å². The summed E-state index contributed by atoms with van der Waals surface area (Å²) in [5.74, 6) is 2.40. The third-order valence-corrected chi connectivity index (χ3v) is 4.17. The van der Waals surface area contributed by atoms with Gasteiger partial charge in [-0.3, -0.25) is 0 Å². The molecule has 2 aromatic carbocycles. The predicted molar refractivity (Wildman–Crippen MR) is 101 cm³/mol. The highest BCUT2D eigenvalue weighted by molar-refractivity contribution is 5.59. The molecule has 2 aromatic heterocycles. The van der Waals surface area contributed by atoms with E-state index in [1.54, 1.807) is 11.6 Å². The third kappa shape index (κ3) is 3.35. The van der Waals surface area contributed by atoms with Crippen LogP contribution in [-0.4, -0.2) is 33.5 Å². The van der Waals surface area contributed by atoms with Crippen LogP contribution in [0.2, 0.25) is 0 Å². The van der Waals surface area contributed by atoms with Crippen molar-refractivity contribution in [2.45, 2.75) is 6.42 Å². The Morgan fingerprint density at radius 3 is 2.50 bits per heavy atom. The van der Waals surface area contributed by atoms with Crippen molar-refractivity contribution in [3.8, 4) is 17.1 Å². The number of hydrogen-bond acceptors (Lipinski definition) is 5. The molecule has 6 nitrogen and oxygen atoms in total. The summed E-state index contributed by atoms with van der Waals surface area (Å²) >= 11 is 0. The second-order valence-corrected chi connectivity index (χ2v) is 5.90. The van der Waals surface area contributed by atoms with Gasteiger partial charge in [-0.05, 0) is 36.2 Å². The Morgan fingerprint density at radius 2 is 1.73 bits per heavy atom. The van der Waals surface area contributed by atoms with Gasteiger partial charge < -0.3 is 10.1 Å². The van der Waals surface area contributed by atoms with Crippen molar-refractivity contribution < 1.29 is 4.74 Å². The fraction of sp³-hybridized carbons (Fsp3) is 0.150. The van der Waals surface area contributed by atoms with Crippen LogP contribution in [0.15, 0.2) is 66.7 Å². The second-order valence-electron chi connectivity index (χ2n) is 5.90. The van der Waals surface area contributed by atoms with Gasteiger partial charge >= 0.3 is 0 Å². The molecule has 0 saturated heterocycles. The Bertz CT molecular complexity index is 996. The van der Waals surface area contributed by atoms with Gasteiger partial charge in [-0.25, -0.2) is 0 Å². The van der Waals surface area contributed by atoms with Gasteiger partial charge in [-0.1, -0.05) is 42.5 Å². The first-order chi connectivity index (χ1) is 12.8. The van der Waals surface area contributed by atoms with Gasteiger partial charge in [-0.2, -0.15) is 4.52 Å². The molecule has 6 heteroatoms. The highest BCUT2D eigenvalue weighted by atomic mass is 16.5. The number of hydrogen-bond donors (Lipinski definition) is 1. The van der Waals surface area contributed by atoms with Crippen molar-refractivity contribution in [3.05, 3.63) is 72.3 Å². The number of aromatic nitrogens is 4. The van der Waals surface area contributed by atoms with Crippen LogP contribution >= 0.6 is 0 Å². The van der Waals surface area contributed by atoms with Crippen LogP contribution in [0.4, 0.5) is 5.82 Å². The van der Waals surface area contributed by atoms with Crippen LogP contribution in [0.5, 0.6) is 5.75 Å². The van der Waals surface area contributed by atoms with Gasteiger partial charge in [0.15, 0.2) is 11.5 Å². The molecule has 0 aliphatic heterocycles. The van der Waals surface area contributed by atoms with E-state index in [1.807, 2.05) is 54.6 Å². The molecular weight excluding hydrogens is 326 g/mol. The maximum atomic E-state index is 5.18. The zero-order valence-corrected chi connectivity index (χ0v) is 14.5. The van der Waals surface area contributed by atoms with E-state index in [4.69, 9.17) is 4.74 Å². The summed E-state index contributed by atoms with van der Waals surface area (Å²) in [6, 6.07) is 21.9. The van der Waals surface area contributed by atoms with E-state index in [-0.39, 0.29) is 0 Å². The van der Waals surface area contributed by atoms with Crippen molar-refractivity contribution in [1.82, 2.24) is 19.8 Å². The number of rotatable bonds is 6. The second kappa shape index (κ2) is 7.23. The molecule has 1 N–H and O–H groups in total. The number of benzene rings is 2. The SMILES string of the molecule is COc1ccc(CCNc2ccc3nnc(-c4ccccc4)n3n2)cc1. The summed E-state index contributed by atoms with van der Waals surface area (Å²) in [4.78, 5) is 0. The van der Waals surface area contributed by atoms with Crippen LogP contribution in [0.3, 0.4) is 0 Å². The van der Waals surface area contributed by atoms with E-state index in [9.17, 15) is 0 Å². The Balaban J connectivity index is 1.48. The molecule has 0 radical (unpaired) electrons. The molecule has 0 aliphatic carbocycles. The van der Waals surface area contributed by atoms with E-state index in [0.29, 0.717) is 0 Å². The lowest BCUT2D eigenvalue weighted by atomic mass is 10.1. The first-order valence-corrected chi connectivity index (χ1v) is 8.48. The predicted octanol–water partition coefficient (Wildman–Crippen LogP) is 3.45. The summed E-state index contributed by atoms with van der Waals surface area (Å²) < 4.78 is 6.95. The molecule has 0 atom stereocenters. The number of nitrogens with one attached hydrogen (secondary N) is 1. The highest BCUT2D eigenvalue weighted by Gasteiger charge is 2.09. The smallest absolute Gasteiger partial charge is 0.185 e. The minimum Gasteiger partial charge on any atom is -0.497 e. The molecule has 2 heterocycles. The normalized spacial score (nSPS) is 10.8. The first-order valence-electron chi connectivity index (χ1n) is 8.48. The molecule has 0 unspecified atom stereocenters. The lowest BCUT2D eigenvalue weighted by molar-refractivity contribution is 0.414. The third-order valence-electron chi connectivity index (χ3n) is 4.17. The molecule has 0 spiro atoms. The quantitative estimate of drug-likeness (QED) is 0.580. The molecule has 0 aliphatic rings. The van der Waals surface area contributed by atoms with Gasteiger partial charge in [0.25, 0.3) is 0 Å². The molecular formula is C20H19N5O. The summed E-state index contributed by atoms with van der Waals surface area (Å²) in [7, 11) is 1.67. The van der Waals surface area contributed by atoms with Crippen LogP contribution in [0.25, 0.3) is 17.0 Å². The Hall–Kier alpha value is -3.41. The molecule has 0 amide bonds. The van der Waals surface area contributed by atoms with Crippen LogP contribution in [0.1, 0.15) is 5.56 Å². The van der Waals surface area contributed by atoms with Gasteiger partial charge in [0.2, 0.25) is 0 Å². The van der Waals surface area contributed by atoms with Crippen molar-refractivity contribution in [2.24, 2.45) is 0 Å². The first kappa shape index (κ1) is 16.1. The minimum atomic E-state index is 0.726. The van der Waals surface area contributed by atoms with E-state index in [1.165, 1.54) is 5.56 Å². The van der Waals surface area contributed by atoms with Gasteiger partial charge in [-0.15, -0.1) is 15.3 Å². The summed E-state index contributed by atoms with van der Waals surface area (Å²) in [6.45, 7) is 0.785. The zero-order chi connectivity index (χ0) is 17.8. The number of anilines is 1. The fourth-order valence-electron chi connectivity index (χ4n) is 2.78. The molecule has 26 heavy (non-hydrogen) atoms. The largest absolute Gasteiger partial charge is 0.497 e. The van der Waals surface area contributed by atoms with Gasteiger partial charge in [0, 0.05) is 12.1 Å². The fourth-order valence-corrected chi connectivity index (χ4v) is 2.78. The Morgan fingerprint density at radius 1 is 0.923 bits per heavy atom. The maximum Gasteiger partial charge on any atom is 0.185 e. The number of methoxy groups -OCH3 is 1. The van der Waals surface area contributed by atoms with Crippen LogP contribution < -0.4 is 10.1 Å². The van der Waals surface area contributed by atoms with Gasteiger partial charge in [0.1, 0.15) is 11.6 Å². The van der Waals surface area contributed by atoms with E-state index < -0.39 is 0 Å². The number of ether oxygens (including phenoxy) is 1. The highest BCUT2D eigenvalue weighted by Crippen LogP contribution is 2.18. The van der Waals surface area contributed by atoms with E-state index in [2.05, 4.69) is 32.7 Å². The van der Waals surface area contributed by atoms with Crippen molar-refractivity contribution in [1.29, 1.82) is 0 Å². The van der Waals surface area contributed by atoms with Crippen molar-refractivity contribution in [2.75, 3.05) is 19.0 Å². The minimum absolute atomic E-state index is 0.726. The van der Waals surface area contributed by atoms with Crippen LogP contribution in [-0.2, 0) is 6.42 Å². The topological polar surface area (TPSA) is 64.3 Å². The maximum absolute atomic E-state index is 5.18. The molecule has 4 aromatic rings. The van der Waals surface area contributed by atoms with Gasteiger partial charge in [0.05, 0.1) is 7.11 Å². The van der Waals surface area contributed by atoms with E-state index >= 15 is 0 Å². The summed E-state index contributed by atoms with van der Waals surface area (Å²) in [5, 5.41) is 16.4. The average Bonchev–Trinajstić information content (AvgIpc) is 3.12. The Labute approximate surface area is 151 Å². The molecule has 130 valence electrons. The summed E-state index contributed by atoms with van der Waals surface area (Å²) in [6.07, 6.45) is 0.900. The zero-order valence-electron chi connectivity index (χ0n) is 14.5. The van der Waals surface area contributed by atoms with Crippen molar-refractivity contribution in [3.63, 3.8) is 0 Å². The molecule has 0 saturated carbocycles. The molecule has 4 rings (SSSR count). The molecule has 0 fully saturated rings. The molecule has 0 bridgehead atoms.